The molecular formula is C28H31B2N7O6. The Balaban J connectivity index is 1.32. The molecule has 0 spiro atoms. The van der Waals surface area contributed by atoms with Crippen molar-refractivity contribution in [3.05, 3.63) is 78.2 Å². The van der Waals surface area contributed by atoms with Gasteiger partial charge in [0.1, 0.15) is 0 Å². The number of carbonyl (C=O) groups is 3. The van der Waals surface area contributed by atoms with Crippen LogP contribution in [0.5, 0.6) is 0 Å². The Bertz CT molecular complexity index is 1440. The molecule has 1 N–H and O–H groups in total. The zero-order valence-electron chi connectivity index (χ0n) is 23.7. The van der Waals surface area contributed by atoms with Crippen LogP contribution in [0.4, 0.5) is 16.6 Å². The Labute approximate surface area is 249 Å². The molecule has 0 bridgehead atoms. The number of pyridine rings is 1. The van der Waals surface area contributed by atoms with E-state index in [1.165, 1.54) is 17.8 Å². The van der Waals surface area contributed by atoms with E-state index in [9.17, 15) is 24.1 Å². The van der Waals surface area contributed by atoms with Crippen molar-refractivity contribution in [2.45, 2.75) is 25.9 Å². The predicted octanol–water partition coefficient (Wildman–Crippen LogP) is 0.851. The second kappa shape index (κ2) is 13.6. The molecule has 4 heterocycles. The topological polar surface area (TPSA) is 149 Å². The van der Waals surface area contributed by atoms with Crippen molar-refractivity contribution in [1.29, 1.82) is 0 Å². The van der Waals surface area contributed by atoms with Crippen molar-refractivity contribution in [1.82, 2.24) is 24.8 Å². The van der Waals surface area contributed by atoms with Gasteiger partial charge < -0.3 is 4.90 Å². The fourth-order valence-corrected chi connectivity index (χ4v) is 5.27. The Hall–Kier alpha value is -4.65. The number of anilines is 2. The predicted molar refractivity (Wildman–Crippen MR) is 157 cm³/mol. The van der Waals surface area contributed by atoms with E-state index in [0.29, 0.717) is 50.7 Å². The first kappa shape index (κ1) is 29.8. The first-order valence-electron chi connectivity index (χ1n) is 14.0. The average Bonchev–Trinajstić information content (AvgIpc) is 3.04. The molecule has 1 aromatic carbocycles. The number of imide groups is 1. The van der Waals surface area contributed by atoms with E-state index in [2.05, 4.69) is 15.0 Å². The van der Waals surface area contributed by atoms with Gasteiger partial charge in [-0.3, -0.25) is 0 Å². The summed E-state index contributed by atoms with van der Waals surface area (Å²) in [5.41, 5.74) is 1.44. The van der Waals surface area contributed by atoms with Gasteiger partial charge in [-0.1, -0.05) is 30.3 Å². The third-order valence-corrected chi connectivity index (χ3v) is 7.55. The Morgan fingerprint density at radius 3 is 2.42 bits per heavy atom. The van der Waals surface area contributed by atoms with Crippen LogP contribution in [-0.2, 0) is 32.1 Å². The van der Waals surface area contributed by atoms with E-state index in [1.807, 2.05) is 35.2 Å². The molecule has 0 saturated carbocycles. The van der Waals surface area contributed by atoms with E-state index in [4.69, 9.17) is 4.74 Å². The molecule has 0 radical (unpaired) electrons. The summed E-state index contributed by atoms with van der Waals surface area (Å²) in [5.74, 6) is -1.07. The second-order valence-electron chi connectivity index (χ2n) is 10.3. The molecule has 5 rings (SSSR count). The number of hydrogen-bond donors (Lipinski definition) is 1. The minimum atomic E-state index is -1.11. The van der Waals surface area contributed by atoms with Gasteiger partial charge in [0.15, 0.2) is 0 Å². The molecule has 220 valence electrons. The van der Waals surface area contributed by atoms with Crippen LogP contribution in [0, 0.1) is 5.92 Å². The van der Waals surface area contributed by atoms with Gasteiger partial charge in [0.25, 0.3) is 0 Å². The Kier molecular flexibility index (Phi) is 9.40. The number of aromatic nitrogens is 3. The molecule has 2 saturated heterocycles. The fourth-order valence-electron chi connectivity index (χ4n) is 5.27. The van der Waals surface area contributed by atoms with Crippen molar-refractivity contribution in [3.63, 3.8) is 0 Å². The molecule has 0 unspecified atom stereocenters. The SMILES string of the molecule is CB(O)N(CB=O)c1cc(C[C@H]2C(=O)N(C(=O)N3CCN(c4ncccn4)CC3)[C@@H]2C(=O)OCc2ccccc2)ccn1. The summed E-state index contributed by atoms with van der Waals surface area (Å²) in [6.45, 7) is 3.13. The van der Waals surface area contributed by atoms with Crippen molar-refractivity contribution in [2.24, 2.45) is 5.92 Å². The van der Waals surface area contributed by atoms with Gasteiger partial charge >= 0.3 is 167 Å². The van der Waals surface area contributed by atoms with Crippen molar-refractivity contribution in [2.75, 3.05) is 42.3 Å². The number of carbonyl (C=O) groups excluding carboxylic acids is 3. The van der Waals surface area contributed by atoms with Gasteiger partial charge in [0.2, 0.25) is 5.95 Å². The van der Waals surface area contributed by atoms with Crippen LogP contribution < -0.4 is 9.71 Å². The fraction of sp³-hybridized carbons (Fsp3) is 0.357. The maximum absolute atomic E-state index is 13.6. The summed E-state index contributed by atoms with van der Waals surface area (Å²) < 4.78 is 16.7. The number of nitrogens with zero attached hydrogens (tertiary/aromatic N) is 7. The van der Waals surface area contributed by atoms with Gasteiger partial charge in [-0.15, -0.1) is 0 Å². The van der Waals surface area contributed by atoms with Crippen molar-refractivity contribution < 1.29 is 28.8 Å². The summed E-state index contributed by atoms with van der Waals surface area (Å²) in [4.78, 5) is 59.2. The van der Waals surface area contributed by atoms with E-state index in [-0.39, 0.29) is 19.5 Å². The third-order valence-electron chi connectivity index (χ3n) is 7.55. The van der Waals surface area contributed by atoms with E-state index >= 15 is 0 Å². The molecule has 2 aliphatic heterocycles. The minimum absolute atomic E-state index is 0.00329. The molecule has 3 amide bonds. The van der Waals surface area contributed by atoms with E-state index in [0.717, 1.165) is 10.5 Å². The summed E-state index contributed by atoms with van der Waals surface area (Å²) in [7, 11) is -0.313. The van der Waals surface area contributed by atoms with Gasteiger partial charge in [0, 0.05) is 25.5 Å². The van der Waals surface area contributed by atoms with Gasteiger partial charge in [-0.2, -0.15) is 0 Å². The summed E-state index contributed by atoms with van der Waals surface area (Å²) in [5, 5.41) is 10.1. The van der Waals surface area contributed by atoms with Crippen LogP contribution in [-0.4, -0.2) is 101 Å². The molecule has 13 nitrogen and oxygen atoms in total. The van der Waals surface area contributed by atoms with Gasteiger partial charge in [-0.25, -0.2) is 9.97 Å². The van der Waals surface area contributed by atoms with Crippen LogP contribution in [0.15, 0.2) is 67.1 Å². The van der Waals surface area contributed by atoms with E-state index < -0.39 is 36.9 Å². The number of rotatable bonds is 10. The Morgan fingerprint density at radius 2 is 1.74 bits per heavy atom. The monoisotopic (exact) mass is 583 g/mol. The molecule has 0 aliphatic carbocycles. The number of benzene rings is 1. The number of piperazine rings is 1. The van der Waals surface area contributed by atoms with Crippen LogP contribution >= 0.6 is 0 Å². The van der Waals surface area contributed by atoms with Gasteiger partial charge in [-0.05, 0) is 6.07 Å². The molecule has 2 atom stereocenters. The second-order valence-corrected chi connectivity index (χ2v) is 10.3. The van der Waals surface area contributed by atoms with Crippen LogP contribution in [0.25, 0.3) is 0 Å². The zero-order chi connectivity index (χ0) is 30.3. The first-order valence-corrected chi connectivity index (χ1v) is 14.0. The number of β-lactam (4-membered cyclic amide) rings is 1. The quantitative estimate of drug-likeness (QED) is 0.206. The van der Waals surface area contributed by atoms with Crippen LogP contribution in [0.1, 0.15) is 11.1 Å². The number of urea groups is 1. The number of amides is 3. The first-order chi connectivity index (χ1) is 20.9. The molecule has 15 heteroatoms. The normalized spacial score (nSPS) is 18.0. The van der Waals surface area contributed by atoms with Crippen molar-refractivity contribution >= 4 is 43.9 Å². The molecule has 2 fully saturated rings. The number of likely N-dealkylation sites (tertiary alicyclic amines) is 1. The average molecular weight is 583 g/mol. The van der Waals surface area contributed by atoms with E-state index in [1.54, 1.807) is 35.5 Å². The number of ether oxygens (including phenoxy) is 1. The molecule has 2 aliphatic rings. The molecule has 3 aromatic rings. The number of hydrogen-bond acceptors (Lipinski definition) is 11. The third kappa shape index (κ3) is 6.72. The van der Waals surface area contributed by atoms with Gasteiger partial charge in [0.05, 0.1) is 0 Å². The molecular weight excluding hydrogens is 552 g/mol. The van der Waals surface area contributed by atoms with Crippen molar-refractivity contribution in [3.8, 4) is 0 Å². The van der Waals surface area contributed by atoms with Crippen LogP contribution in [0.3, 0.4) is 0 Å². The summed E-state index contributed by atoms with van der Waals surface area (Å²) in [6, 6.07) is 12.6. The standard InChI is InChI=1S/C28H31B2N7O6/c1-30(42)36(19-29-41)23-17-21(8-11-31-23)16-22-24(26(39)43-18-20-6-3-2-4-7-20)37(25(22)38)28(40)35-14-12-34(13-15-35)27-32-9-5-10-33-27/h2-11,17,22,24,42H,12-16,18-19H2,1H3/t22-,24+/m1/s1. The Morgan fingerprint density at radius 1 is 1.02 bits per heavy atom. The molecule has 43 heavy (non-hydrogen) atoms. The maximum atomic E-state index is 13.6. The number of esters is 1. The molecule has 2 aromatic heterocycles. The zero-order valence-corrected chi connectivity index (χ0v) is 23.7. The summed E-state index contributed by atoms with van der Waals surface area (Å²) in [6.07, 6.45) is 4.88. The summed E-state index contributed by atoms with van der Waals surface area (Å²) >= 11 is 0. The van der Waals surface area contributed by atoms with Crippen LogP contribution in [0.2, 0.25) is 6.82 Å².